The summed E-state index contributed by atoms with van der Waals surface area (Å²) in [5.74, 6) is 1.62. The van der Waals surface area contributed by atoms with Crippen LogP contribution in [0, 0.1) is 0 Å². The molecule has 45 heavy (non-hydrogen) atoms. The normalized spacial score (nSPS) is 15.5. The SMILES string of the molecule is COc1ncnc(C2CC2)c1-c1ncnc(NCc2ccc(-c3nc(C(F)(F)F)cn3C3CN(C(=O)OC(C)(C)C)C3)cc2)n1. The van der Waals surface area contributed by atoms with Crippen LogP contribution in [0.1, 0.15) is 62.5 Å². The molecule has 12 nitrogen and oxygen atoms in total. The first-order chi connectivity index (χ1) is 21.4. The van der Waals surface area contributed by atoms with Crippen LogP contribution in [0.15, 0.2) is 43.1 Å². The van der Waals surface area contributed by atoms with Gasteiger partial charge in [-0.1, -0.05) is 24.3 Å². The number of hydrogen-bond acceptors (Lipinski definition) is 10. The fourth-order valence-electron chi connectivity index (χ4n) is 5.00. The van der Waals surface area contributed by atoms with Crippen LogP contribution >= 0.6 is 0 Å². The highest BCUT2D eigenvalue weighted by Crippen LogP contribution is 2.44. The minimum atomic E-state index is -4.61. The van der Waals surface area contributed by atoms with Crippen LogP contribution < -0.4 is 10.1 Å². The van der Waals surface area contributed by atoms with Crippen molar-refractivity contribution in [2.24, 2.45) is 0 Å². The van der Waals surface area contributed by atoms with Gasteiger partial charge in [0.05, 0.1) is 18.8 Å². The van der Waals surface area contributed by atoms with Gasteiger partial charge in [0, 0.05) is 37.3 Å². The van der Waals surface area contributed by atoms with Gasteiger partial charge in [0.1, 0.15) is 29.6 Å². The lowest BCUT2D eigenvalue weighted by Gasteiger charge is -2.40. The lowest BCUT2D eigenvalue weighted by Crippen LogP contribution is -2.52. The number of likely N-dealkylation sites (tertiary alicyclic amines) is 1. The summed E-state index contributed by atoms with van der Waals surface area (Å²) >= 11 is 0. The summed E-state index contributed by atoms with van der Waals surface area (Å²) in [4.78, 5) is 39.5. The molecule has 0 atom stereocenters. The van der Waals surface area contributed by atoms with Gasteiger partial charge in [-0.25, -0.2) is 29.7 Å². The monoisotopic (exact) mass is 623 g/mol. The van der Waals surface area contributed by atoms with Gasteiger partial charge in [0.2, 0.25) is 11.8 Å². The van der Waals surface area contributed by atoms with Gasteiger partial charge in [0.25, 0.3) is 0 Å². The van der Waals surface area contributed by atoms with Crippen molar-refractivity contribution in [2.75, 3.05) is 25.5 Å². The maximum absolute atomic E-state index is 13.6. The minimum absolute atomic E-state index is 0.170. The first kappa shape index (κ1) is 30.2. The van der Waals surface area contributed by atoms with Gasteiger partial charge in [-0.15, -0.1) is 0 Å². The van der Waals surface area contributed by atoms with Gasteiger partial charge >= 0.3 is 12.3 Å². The zero-order chi connectivity index (χ0) is 31.9. The average Bonchev–Trinajstić information content (AvgIpc) is 3.72. The molecule has 2 fully saturated rings. The number of carbonyl (C=O) groups is 1. The Bertz CT molecular complexity index is 1690. The summed E-state index contributed by atoms with van der Waals surface area (Å²) in [5.41, 5.74) is 1.19. The number of aromatic nitrogens is 7. The number of anilines is 1. The van der Waals surface area contributed by atoms with Crippen molar-refractivity contribution < 1.29 is 27.4 Å². The molecular weight excluding hydrogens is 591 g/mol. The highest BCUT2D eigenvalue weighted by Gasteiger charge is 2.40. The van der Waals surface area contributed by atoms with Crippen molar-refractivity contribution in [1.29, 1.82) is 0 Å². The number of benzene rings is 1. The fraction of sp³-hybridized carbons (Fsp3) is 0.433. The molecule has 0 spiro atoms. The van der Waals surface area contributed by atoms with E-state index in [1.54, 1.807) is 45.0 Å². The van der Waals surface area contributed by atoms with Crippen LogP contribution in [-0.2, 0) is 17.5 Å². The van der Waals surface area contributed by atoms with E-state index in [4.69, 9.17) is 9.47 Å². The number of imidazole rings is 1. The van der Waals surface area contributed by atoms with E-state index in [0.29, 0.717) is 41.2 Å². The number of carbonyl (C=O) groups excluding carboxylic acids is 1. The molecule has 1 saturated heterocycles. The second-order valence-corrected chi connectivity index (χ2v) is 12.0. The molecule has 1 aliphatic heterocycles. The van der Waals surface area contributed by atoms with Crippen LogP contribution in [-0.4, -0.2) is 71.3 Å². The third-order valence-corrected chi connectivity index (χ3v) is 7.39. The molecule has 1 saturated carbocycles. The Morgan fingerprint density at radius 3 is 2.36 bits per heavy atom. The third kappa shape index (κ3) is 6.66. The molecule has 4 heterocycles. The molecule has 1 amide bonds. The topological polar surface area (TPSA) is 133 Å². The molecule has 3 aromatic heterocycles. The van der Waals surface area contributed by atoms with Gasteiger partial charge in [-0.3, -0.25) is 0 Å². The van der Waals surface area contributed by atoms with E-state index in [0.717, 1.165) is 30.3 Å². The number of amides is 1. The first-order valence-corrected chi connectivity index (χ1v) is 14.4. The Labute approximate surface area is 257 Å². The van der Waals surface area contributed by atoms with Crippen LogP contribution in [0.5, 0.6) is 5.88 Å². The number of hydrogen-bond donors (Lipinski definition) is 1. The summed E-state index contributed by atoms with van der Waals surface area (Å²) in [6, 6.07) is 6.65. The highest BCUT2D eigenvalue weighted by molar-refractivity contribution is 5.69. The summed E-state index contributed by atoms with van der Waals surface area (Å²) in [7, 11) is 1.54. The molecule has 4 aromatic rings. The maximum atomic E-state index is 13.6. The zero-order valence-electron chi connectivity index (χ0n) is 25.2. The minimum Gasteiger partial charge on any atom is -0.480 e. The largest absolute Gasteiger partial charge is 0.480 e. The zero-order valence-corrected chi connectivity index (χ0v) is 25.2. The van der Waals surface area contributed by atoms with Crippen LogP contribution in [0.3, 0.4) is 0 Å². The molecule has 0 unspecified atom stereocenters. The van der Waals surface area contributed by atoms with Crippen molar-refractivity contribution in [3.63, 3.8) is 0 Å². The van der Waals surface area contributed by atoms with E-state index in [9.17, 15) is 18.0 Å². The molecule has 236 valence electrons. The van der Waals surface area contributed by atoms with Gasteiger partial charge < -0.3 is 24.3 Å². The highest BCUT2D eigenvalue weighted by atomic mass is 19.4. The number of alkyl halides is 3. The standard InChI is InChI=1S/C30H32F3N9O3/c1-29(2,3)45-28(43)41-12-20(13-41)42-14-21(30(31,32)33)39-25(42)19-7-5-17(6-8-19)11-34-27-38-16-36-24(40-27)22-23(18-9-10-18)35-15-37-26(22)44-4/h5-8,14-16,18,20H,9-13H2,1-4H3,(H,34,36,38,40). The molecule has 1 aromatic carbocycles. The van der Waals surface area contributed by atoms with Gasteiger partial charge in [-0.05, 0) is 39.2 Å². The van der Waals surface area contributed by atoms with Crippen molar-refractivity contribution >= 4 is 12.0 Å². The number of halogens is 3. The number of nitrogens with one attached hydrogen (secondary N) is 1. The number of ether oxygens (including phenoxy) is 2. The van der Waals surface area contributed by atoms with Crippen molar-refractivity contribution in [3.05, 3.63) is 60.1 Å². The summed E-state index contributed by atoms with van der Waals surface area (Å²) in [6.07, 6.45) is 0.822. The average molecular weight is 624 g/mol. The van der Waals surface area contributed by atoms with E-state index in [1.807, 2.05) is 0 Å². The molecular formula is C30H32F3N9O3. The lowest BCUT2D eigenvalue weighted by atomic mass is 10.1. The molecule has 1 N–H and O–H groups in total. The molecule has 1 aliphatic carbocycles. The predicted molar refractivity (Wildman–Crippen MR) is 156 cm³/mol. The van der Waals surface area contributed by atoms with E-state index in [-0.39, 0.29) is 25.0 Å². The van der Waals surface area contributed by atoms with Crippen molar-refractivity contribution in [2.45, 2.75) is 63.9 Å². The second kappa shape index (κ2) is 11.6. The Morgan fingerprint density at radius 2 is 1.71 bits per heavy atom. The Balaban J connectivity index is 1.17. The smallest absolute Gasteiger partial charge is 0.434 e. The molecule has 2 aliphatic rings. The predicted octanol–water partition coefficient (Wildman–Crippen LogP) is 5.50. The summed E-state index contributed by atoms with van der Waals surface area (Å²) in [5, 5.41) is 3.17. The van der Waals surface area contributed by atoms with E-state index in [2.05, 4.69) is 35.2 Å². The molecule has 0 bridgehead atoms. The Hall–Kier alpha value is -4.82. The number of nitrogens with zero attached hydrogens (tertiary/aromatic N) is 8. The third-order valence-electron chi connectivity index (χ3n) is 7.39. The van der Waals surface area contributed by atoms with Crippen molar-refractivity contribution in [1.82, 2.24) is 39.4 Å². The Kier molecular flexibility index (Phi) is 7.79. The van der Waals surface area contributed by atoms with Crippen molar-refractivity contribution in [3.8, 4) is 28.7 Å². The van der Waals surface area contributed by atoms with Gasteiger partial charge in [-0.2, -0.15) is 18.2 Å². The molecule has 0 radical (unpaired) electrons. The maximum Gasteiger partial charge on any atom is 0.434 e. The van der Waals surface area contributed by atoms with E-state index < -0.39 is 23.6 Å². The molecule has 15 heteroatoms. The fourth-order valence-corrected chi connectivity index (χ4v) is 5.00. The van der Waals surface area contributed by atoms with Crippen LogP contribution in [0.4, 0.5) is 23.9 Å². The summed E-state index contributed by atoms with van der Waals surface area (Å²) < 4.78 is 53.3. The van der Waals surface area contributed by atoms with Gasteiger partial charge in [0.15, 0.2) is 11.5 Å². The number of rotatable bonds is 8. The number of methoxy groups -OCH3 is 1. The first-order valence-electron chi connectivity index (χ1n) is 14.4. The molecule has 6 rings (SSSR count). The van der Waals surface area contributed by atoms with Crippen LogP contribution in [0.25, 0.3) is 22.8 Å². The van der Waals surface area contributed by atoms with Crippen LogP contribution in [0.2, 0.25) is 0 Å². The lowest BCUT2D eigenvalue weighted by molar-refractivity contribution is -0.141. The summed E-state index contributed by atoms with van der Waals surface area (Å²) in [6.45, 7) is 6.05. The quantitative estimate of drug-likeness (QED) is 0.268. The second-order valence-electron chi connectivity index (χ2n) is 12.0. The van der Waals surface area contributed by atoms with E-state index in [1.165, 1.54) is 29.2 Å². The van der Waals surface area contributed by atoms with E-state index >= 15 is 0 Å². The Morgan fingerprint density at radius 1 is 1.00 bits per heavy atom.